The van der Waals surface area contributed by atoms with Gasteiger partial charge < -0.3 is 10.1 Å². The van der Waals surface area contributed by atoms with Gasteiger partial charge in [0.1, 0.15) is 0 Å². The van der Waals surface area contributed by atoms with Crippen molar-refractivity contribution in [3.8, 4) is 0 Å². The van der Waals surface area contributed by atoms with E-state index < -0.39 is 29.7 Å². The van der Waals surface area contributed by atoms with E-state index in [0.29, 0.717) is 12.3 Å². The summed E-state index contributed by atoms with van der Waals surface area (Å²) in [5.41, 5.74) is -1.28. The molecule has 1 aromatic heterocycles. The molecule has 0 saturated heterocycles. The lowest BCUT2D eigenvalue weighted by atomic mass is 9.98. The Morgan fingerprint density at radius 3 is 2.00 bits per heavy atom. The summed E-state index contributed by atoms with van der Waals surface area (Å²) in [5, 5.41) is 8.74. The van der Waals surface area contributed by atoms with E-state index in [4.69, 9.17) is 5.11 Å². The summed E-state index contributed by atoms with van der Waals surface area (Å²) < 4.78 is 87.6. The second-order valence-electron chi connectivity index (χ2n) is 3.22. The molecular weight excluding hydrogens is 259 g/mol. The molecule has 1 rings (SSSR count). The molecule has 1 atom stereocenters. The molecule has 1 heterocycles. The molecule has 0 bridgehead atoms. The lowest BCUT2D eigenvalue weighted by Gasteiger charge is -2.33. The summed E-state index contributed by atoms with van der Waals surface area (Å²) in [4.78, 5) is 2.02. The summed E-state index contributed by atoms with van der Waals surface area (Å²) in [6.07, 6.45) is -3.51. The van der Waals surface area contributed by atoms with Crippen molar-refractivity contribution in [1.82, 2.24) is 4.98 Å². The Labute approximate surface area is 90.1 Å². The van der Waals surface area contributed by atoms with Gasteiger partial charge in [-0.3, -0.25) is 0 Å². The maximum atomic E-state index is 13.3. The Morgan fingerprint density at radius 1 is 1.12 bits per heavy atom. The molecular formula is C8H6F7NO. The van der Waals surface area contributed by atoms with Gasteiger partial charge in [-0.2, -0.15) is 22.0 Å². The highest BCUT2D eigenvalue weighted by atomic mass is 19.3. The molecule has 9 heteroatoms. The van der Waals surface area contributed by atoms with Gasteiger partial charge in [-0.15, -0.1) is 0 Å². The minimum atomic E-state index is -6.01. The van der Waals surface area contributed by atoms with E-state index in [1.165, 1.54) is 0 Å². The predicted molar refractivity (Wildman–Crippen MR) is 41.7 cm³/mol. The van der Waals surface area contributed by atoms with Crippen LogP contribution in [0, 0.1) is 0 Å². The lowest BCUT2D eigenvalue weighted by Crippen LogP contribution is -2.57. The van der Waals surface area contributed by atoms with E-state index >= 15 is 0 Å². The second-order valence-corrected chi connectivity index (χ2v) is 3.22. The number of hydrogen-bond donors (Lipinski definition) is 2. The number of H-pyrrole nitrogens is 1. The van der Waals surface area contributed by atoms with E-state index in [1.54, 1.807) is 0 Å². The minimum absolute atomic E-state index is 0.454. The summed E-state index contributed by atoms with van der Waals surface area (Å²) in [7, 11) is 0. The SMILES string of the molecule is OC(F)(c1cc[nH]c1)C(F)(F)C(F)(F)C(F)F. The third-order valence-corrected chi connectivity index (χ3v) is 2.09. The molecule has 2 N–H and O–H groups in total. The fourth-order valence-corrected chi connectivity index (χ4v) is 1.07. The Hall–Kier alpha value is -1.25. The molecule has 0 spiro atoms. The Balaban J connectivity index is 3.22. The maximum absolute atomic E-state index is 13.3. The number of aliphatic hydroxyl groups is 1. The monoisotopic (exact) mass is 265 g/mol. The number of halogens is 7. The zero-order valence-corrected chi connectivity index (χ0v) is 7.90. The second kappa shape index (κ2) is 3.90. The Morgan fingerprint density at radius 2 is 1.65 bits per heavy atom. The number of aromatic nitrogens is 1. The normalized spacial score (nSPS) is 17.2. The largest absolute Gasteiger partial charge is 0.377 e. The van der Waals surface area contributed by atoms with Crippen LogP contribution in [0.25, 0.3) is 0 Å². The molecule has 1 unspecified atom stereocenters. The highest BCUT2D eigenvalue weighted by Gasteiger charge is 2.74. The summed E-state index contributed by atoms with van der Waals surface area (Å²) >= 11 is 0. The Kier molecular flexibility index (Phi) is 3.17. The van der Waals surface area contributed by atoms with Gasteiger partial charge in [-0.05, 0) is 6.07 Å². The molecule has 0 aliphatic heterocycles. The molecule has 0 aliphatic carbocycles. The van der Waals surface area contributed by atoms with Gasteiger partial charge >= 0.3 is 24.1 Å². The molecule has 0 amide bonds. The van der Waals surface area contributed by atoms with Crippen molar-refractivity contribution in [3.63, 3.8) is 0 Å². The number of alkyl halides is 7. The van der Waals surface area contributed by atoms with Crippen molar-refractivity contribution in [2.24, 2.45) is 0 Å². The van der Waals surface area contributed by atoms with Crippen LogP contribution in [0.1, 0.15) is 5.56 Å². The first-order valence-electron chi connectivity index (χ1n) is 4.13. The third-order valence-electron chi connectivity index (χ3n) is 2.09. The third kappa shape index (κ3) is 1.88. The molecule has 2 nitrogen and oxygen atoms in total. The van der Waals surface area contributed by atoms with Crippen molar-refractivity contribution < 1.29 is 35.8 Å². The van der Waals surface area contributed by atoms with Gasteiger partial charge in [-0.25, -0.2) is 8.78 Å². The van der Waals surface area contributed by atoms with E-state index in [-0.39, 0.29) is 0 Å². The first kappa shape index (κ1) is 13.8. The average Bonchev–Trinajstić information content (AvgIpc) is 2.69. The lowest BCUT2D eigenvalue weighted by molar-refractivity contribution is -0.364. The first-order chi connectivity index (χ1) is 7.55. The van der Waals surface area contributed by atoms with Gasteiger partial charge in [0, 0.05) is 18.0 Å². The van der Waals surface area contributed by atoms with E-state index in [2.05, 4.69) is 0 Å². The molecule has 0 saturated carbocycles. The Bertz CT molecular complexity index is 373. The summed E-state index contributed by atoms with van der Waals surface area (Å²) in [6, 6.07) is 0.523. The van der Waals surface area contributed by atoms with Crippen LogP contribution >= 0.6 is 0 Å². The van der Waals surface area contributed by atoms with E-state index in [0.717, 1.165) is 6.20 Å². The summed E-state index contributed by atoms with van der Waals surface area (Å²) in [5.74, 6) is -16.9. The molecule has 17 heavy (non-hydrogen) atoms. The first-order valence-corrected chi connectivity index (χ1v) is 4.13. The fraction of sp³-hybridized carbons (Fsp3) is 0.500. The molecule has 1 aromatic rings. The van der Waals surface area contributed by atoms with Crippen LogP contribution in [0.5, 0.6) is 0 Å². The smallest absolute Gasteiger partial charge is 0.367 e. The number of hydrogen-bond acceptors (Lipinski definition) is 1. The van der Waals surface area contributed by atoms with E-state index in [9.17, 15) is 30.7 Å². The average molecular weight is 265 g/mol. The topological polar surface area (TPSA) is 36.0 Å². The standard InChI is InChI=1S/C8H6F7NO/c9-5(10)6(11,12)8(14,15)7(13,17)4-1-2-16-3-4/h1-3,5,16-17H. The van der Waals surface area contributed by atoms with Gasteiger partial charge in [0.25, 0.3) is 0 Å². The van der Waals surface area contributed by atoms with Crippen LogP contribution in [-0.4, -0.2) is 28.4 Å². The van der Waals surface area contributed by atoms with Crippen LogP contribution in [0.3, 0.4) is 0 Å². The molecule has 0 aromatic carbocycles. The zero-order chi connectivity index (χ0) is 13.5. The molecule has 0 radical (unpaired) electrons. The van der Waals surface area contributed by atoms with E-state index in [1.807, 2.05) is 4.98 Å². The van der Waals surface area contributed by atoms with Crippen molar-refractivity contribution in [2.75, 3.05) is 0 Å². The van der Waals surface area contributed by atoms with Crippen LogP contribution in [0.2, 0.25) is 0 Å². The van der Waals surface area contributed by atoms with Crippen LogP contribution < -0.4 is 0 Å². The number of aromatic amines is 1. The van der Waals surface area contributed by atoms with Gasteiger partial charge in [-0.1, -0.05) is 0 Å². The molecule has 0 aliphatic rings. The summed E-state index contributed by atoms with van der Waals surface area (Å²) in [6.45, 7) is 0. The highest BCUT2D eigenvalue weighted by molar-refractivity contribution is 5.20. The van der Waals surface area contributed by atoms with Gasteiger partial charge in [0.05, 0.1) is 0 Å². The fourth-order valence-electron chi connectivity index (χ4n) is 1.07. The van der Waals surface area contributed by atoms with Crippen molar-refractivity contribution >= 4 is 0 Å². The van der Waals surface area contributed by atoms with Crippen LogP contribution in [-0.2, 0) is 5.85 Å². The number of rotatable bonds is 4. The zero-order valence-electron chi connectivity index (χ0n) is 7.90. The number of nitrogens with one attached hydrogen (secondary N) is 1. The van der Waals surface area contributed by atoms with Crippen molar-refractivity contribution in [3.05, 3.63) is 24.0 Å². The predicted octanol–water partition coefficient (Wildman–Crippen LogP) is 2.67. The highest BCUT2D eigenvalue weighted by Crippen LogP contribution is 2.50. The molecule has 0 fully saturated rings. The van der Waals surface area contributed by atoms with Crippen molar-refractivity contribution in [2.45, 2.75) is 24.1 Å². The van der Waals surface area contributed by atoms with Crippen LogP contribution in [0.15, 0.2) is 18.5 Å². The van der Waals surface area contributed by atoms with Gasteiger partial charge in [0.15, 0.2) is 0 Å². The maximum Gasteiger partial charge on any atom is 0.377 e. The molecule has 98 valence electrons. The van der Waals surface area contributed by atoms with Crippen LogP contribution in [0.4, 0.5) is 30.7 Å². The minimum Gasteiger partial charge on any atom is -0.367 e. The quantitative estimate of drug-likeness (QED) is 0.807. The van der Waals surface area contributed by atoms with Crippen molar-refractivity contribution in [1.29, 1.82) is 0 Å². The van der Waals surface area contributed by atoms with Gasteiger partial charge in [0.2, 0.25) is 0 Å².